The molecule has 0 saturated carbocycles. The molecule has 0 unspecified atom stereocenters. The third-order valence-corrected chi connectivity index (χ3v) is 3.85. The summed E-state index contributed by atoms with van der Waals surface area (Å²) in [5.41, 5.74) is 0. The van der Waals surface area contributed by atoms with Crippen LogP contribution in [-0.4, -0.2) is 30.1 Å². The number of amides is 2. The van der Waals surface area contributed by atoms with Gasteiger partial charge in [-0.15, -0.1) is 0 Å². The van der Waals surface area contributed by atoms with Gasteiger partial charge in [0.15, 0.2) is 0 Å². The Balaban J connectivity index is 1.92. The molecular weight excluding hydrogens is 360 g/mol. The van der Waals surface area contributed by atoms with Gasteiger partial charge in [-0.1, -0.05) is 50.2 Å². The maximum absolute atomic E-state index is 12.6. The lowest BCUT2D eigenvalue weighted by Gasteiger charge is -2.23. The van der Waals surface area contributed by atoms with Gasteiger partial charge in [0.1, 0.15) is 23.6 Å². The summed E-state index contributed by atoms with van der Waals surface area (Å²) in [4.78, 5) is 36.8. The molecule has 0 aliphatic carbocycles. The first-order valence-corrected chi connectivity index (χ1v) is 8.97. The van der Waals surface area contributed by atoms with Crippen LogP contribution in [0.4, 0.5) is 4.79 Å². The second-order valence-corrected chi connectivity index (χ2v) is 6.53. The highest BCUT2D eigenvalue weighted by Gasteiger charge is 2.28. The van der Waals surface area contributed by atoms with Gasteiger partial charge in [0.05, 0.1) is 0 Å². The van der Waals surface area contributed by atoms with Crippen molar-refractivity contribution in [1.82, 2.24) is 10.6 Å². The number of hydrogen-bond donors (Lipinski definition) is 2. The third kappa shape index (κ3) is 6.42. The Bertz CT molecular complexity index is 793. The zero-order valence-corrected chi connectivity index (χ0v) is 16.0. The van der Waals surface area contributed by atoms with Crippen LogP contribution in [0.3, 0.4) is 0 Å². The molecule has 0 radical (unpaired) electrons. The fraction of sp³-hybridized carbons (Fsp3) is 0.286. The Morgan fingerprint density at radius 2 is 1.25 bits per heavy atom. The van der Waals surface area contributed by atoms with Gasteiger partial charge in [0.2, 0.25) is 5.91 Å². The first-order chi connectivity index (χ1) is 13.4. The second kappa shape index (κ2) is 10.1. The number of nitrogens with one attached hydrogen (secondary N) is 2. The molecule has 0 heterocycles. The predicted molar refractivity (Wildman–Crippen MR) is 104 cm³/mol. The minimum Gasteiger partial charge on any atom is -0.425 e. The molecule has 2 aromatic rings. The highest BCUT2D eigenvalue weighted by molar-refractivity contribution is 5.90. The van der Waals surface area contributed by atoms with Crippen LogP contribution in [0.15, 0.2) is 60.7 Å². The number of rotatable bonds is 7. The first kappa shape index (κ1) is 21.0. The number of carbonyl (C=O) groups is 3. The Labute approximate surface area is 164 Å². The van der Waals surface area contributed by atoms with Crippen molar-refractivity contribution in [2.24, 2.45) is 5.92 Å². The van der Waals surface area contributed by atoms with E-state index < -0.39 is 30.1 Å². The number of hydrogen-bond acceptors (Lipinski definition) is 5. The van der Waals surface area contributed by atoms with Crippen molar-refractivity contribution in [3.8, 4) is 11.5 Å². The number of esters is 1. The summed E-state index contributed by atoms with van der Waals surface area (Å²) in [6.07, 6.45) is -0.750. The summed E-state index contributed by atoms with van der Waals surface area (Å²) >= 11 is 0. The van der Waals surface area contributed by atoms with Crippen LogP contribution in [0.1, 0.15) is 20.8 Å². The molecule has 28 heavy (non-hydrogen) atoms. The van der Waals surface area contributed by atoms with E-state index >= 15 is 0 Å². The molecule has 0 spiro atoms. The quantitative estimate of drug-likeness (QED) is 0.565. The van der Waals surface area contributed by atoms with Gasteiger partial charge in [-0.2, -0.15) is 0 Å². The van der Waals surface area contributed by atoms with E-state index in [2.05, 4.69) is 10.6 Å². The average molecular weight is 384 g/mol. The SMILES string of the molecule is CC(C)[C@H](NC(=O)Oc1ccccc1)C(=O)N[C@@H](C)C(=O)Oc1ccccc1. The molecular formula is C21H24N2O5. The molecule has 0 aliphatic rings. The van der Waals surface area contributed by atoms with E-state index in [9.17, 15) is 14.4 Å². The predicted octanol–water partition coefficient (Wildman–Crippen LogP) is 2.91. The number of carbonyl (C=O) groups excluding carboxylic acids is 3. The molecule has 2 atom stereocenters. The average Bonchev–Trinajstić information content (AvgIpc) is 2.67. The highest BCUT2D eigenvalue weighted by atomic mass is 16.6. The van der Waals surface area contributed by atoms with Gasteiger partial charge in [0, 0.05) is 0 Å². The van der Waals surface area contributed by atoms with E-state index in [1.165, 1.54) is 6.92 Å². The molecule has 0 fully saturated rings. The summed E-state index contributed by atoms with van der Waals surface area (Å²) in [5, 5.41) is 5.10. The van der Waals surface area contributed by atoms with Crippen molar-refractivity contribution in [1.29, 1.82) is 0 Å². The van der Waals surface area contributed by atoms with Crippen molar-refractivity contribution in [2.75, 3.05) is 0 Å². The van der Waals surface area contributed by atoms with Gasteiger partial charge in [-0.05, 0) is 37.1 Å². The third-order valence-electron chi connectivity index (χ3n) is 3.85. The van der Waals surface area contributed by atoms with Crippen molar-refractivity contribution in [3.63, 3.8) is 0 Å². The monoisotopic (exact) mass is 384 g/mol. The van der Waals surface area contributed by atoms with E-state index in [0.717, 1.165) is 0 Å². The van der Waals surface area contributed by atoms with Crippen LogP contribution < -0.4 is 20.1 Å². The van der Waals surface area contributed by atoms with E-state index in [1.54, 1.807) is 74.5 Å². The smallest absolute Gasteiger partial charge is 0.413 e. The van der Waals surface area contributed by atoms with Gasteiger partial charge in [-0.3, -0.25) is 4.79 Å². The largest absolute Gasteiger partial charge is 0.425 e. The van der Waals surface area contributed by atoms with Crippen molar-refractivity contribution in [2.45, 2.75) is 32.9 Å². The molecule has 0 saturated heterocycles. The minimum atomic E-state index is -0.888. The molecule has 0 aliphatic heterocycles. The lowest BCUT2D eigenvalue weighted by Crippen LogP contribution is -2.54. The Morgan fingerprint density at radius 1 is 0.750 bits per heavy atom. The maximum atomic E-state index is 12.6. The van der Waals surface area contributed by atoms with Crippen LogP contribution in [0.5, 0.6) is 11.5 Å². The maximum Gasteiger partial charge on any atom is 0.413 e. The molecule has 2 rings (SSSR count). The normalized spacial score (nSPS) is 12.6. The molecule has 2 aromatic carbocycles. The fourth-order valence-corrected chi connectivity index (χ4v) is 2.34. The molecule has 2 N–H and O–H groups in total. The molecule has 0 bridgehead atoms. The van der Waals surface area contributed by atoms with Crippen LogP contribution >= 0.6 is 0 Å². The van der Waals surface area contributed by atoms with Crippen molar-refractivity contribution < 1.29 is 23.9 Å². The zero-order valence-electron chi connectivity index (χ0n) is 16.0. The lowest BCUT2D eigenvalue weighted by atomic mass is 10.0. The molecule has 0 aromatic heterocycles. The summed E-state index contributed by atoms with van der Waals surface area (Å²) in [5.74, 6) is -0.576. The van der Waals surface area contributed by atoms with E-state index in [4.69, 9.17) is 9.47 Å². The topological polar surface area (TPSA) is 93.7 Å². The molecule has 148 valence electrons. The Kier molecular flexibility index (Phi) is 7.56. The van der Waals surface area contributed by atoms with E-state index in [-0.39, 0.29) is 5.92 Å². The zero-order chi connectivity index (χ0) is 20.5. The van der Waals surface area contributed by atoms with Gasteiger partial charge >= 0.3 is 12.1 Å². The van der Waals surface area contributed by atoms with Gasteiger partial charge in [-0.25, -0.2) is 9.59 Å². The van der Waals surface area contributed by atoms with Gasteiger partial charge < -0.3 is 20.1 Å². The van der Waals surface area contributed by atoms with Crippen molar-refractivity contribution >= 4 is 18.0 Å². The van der Waals surface area contributed by atoms with E-state index in [1.807, 2.05) is 0 Å². The van der Waals surface area contributed by atoms with Crippen LogP contribution in [-0.2, 0) is 9.59 Å². The summed E-state index contributed by atoms with van der Waals surface area (Å²) in [6.45, 7) is 5.07. The highest BCUT2D eigenvalue weighted by Crippen LogP contribution is 2.11. The summed E-state index contributed by atoms with van der Waals surface area (Å²) < 4.78 is 10.4. The first-order valence-electron chi connectivity index (χ1n) is 8.97. The van der Waals surface area contributed by atoms with Crippen molar-refractivity contribution in [3.05, 3.63) is 60.7 Å². The van der Waals surface area contributed by atoms with Crippen LogP contribution in [0.2, 0.25) is 0 Å². The van der Waals surface area contributed by atoms with Crippen LogP contribution in [0.25, 0.3) is 0 Å². The Hall–Kier alpha value is -3.35. The standard InChI is InChI=1S/C21H24N2O5/c1-14(2)18(23-21(26)28-17-12-8-5-9-13-17)19(24)22-15(3)20(25)27-16-10-6-4-7-11-16/h4-15,18H,1-3H3,(H,22,24)(H,23,26)/t15-,18-/m0/s1. The fourth-order valence-electron chi connectivity index (χ4n) is 2.34. The summed E-state index contributed by atoms with van der Waals surface area (Å²) in [7, 11) is 0. The van der Waals surface area contributed by atoms with E-state index in [0.29, 0.717) is 11.5 Å². The number of para-hydroxylation sites is 2. The Morgan fingerprint density at radius 3 is 1.75 bits per heavy atom. The molecule has 7 nitrogen and oxygen atoms in total. The molecule has 2 amide bonds. The molecule has 7 heteroatoms. The minimum absolute atomic E-state index is 0.222. The number of ether oxygens (including phenoxy) is 2. The lowest BCUT2D eigenvalue weighted by molar-refractivity contribution is -0.139. The number of benzene rings is 2. The summed E-state index contributed by atoms with van der Waals surface area (Å²) in [6, 6.07) is 15.3. The van der Waals surface area contributed by atoms with Gasteiger partial charge in [0.25, 0.3) is 0 Å². The van der Waals surface area contributed by atoms with Crippen LogP contribution in [0, 0.1) is 5.92 Å². The second-order valence-electron chi connectivity index (χ2n) is 6.53.